The van der Waals surface area contributed by atoms with Crippen LogP contribution in [0.4, 0.5) is 10.1 Å². The van der Waals surface area contributed by atoms with Crippen LogP contribution in [-0.2, 0) is 11.2 Å². The van der Waals surface area contributed by atoms with Crippen LogP contribution in [0.3, 0.4) is 0 Å². The monoisotopic (exact) mass is 399 g/mol. The summed E-state index contributed by atoms with van der Waals surface area (Å²) in [5, 5.41) is 2.78. The maximum absolute atomic E-state index is 13.5. The van der Waals surface area contributed by atoms with E-state index in [0.29, 0.717) is 17.7 Å². The van der Waals surface area contributed by atoms with E-state index in [0.717, 1.165) is 4.47 Å². The van der Waals surface area contributed by atoms with Gasteiger partial charge in [0, 0.05) is 10.2 Å². The molecule has 2 aromatic rings. The summed E-state index contributed by atoms with van der Waals surface area (Å²) in [4.78, 5) is 11.6. The maximum Gasteiger partial charge on any atom is 0.238 e. The molecule has 1 amide bonds. The van der Waals surface area contributed by atoms with Crippen LogP contribution in [0.2, 0.25) is 0 Å². The second-order valence-corrected chi connectivity index (χ2v) is 6.28. The molecule has 0 aromatic heterocycles. The molecule has 2 nitrogen and oxygen atoms in total. The number of hydrogen-bond donors (Lipinski definition) is 1. The molecule has 2 rings (SSSR count). The van der Waals surface area contributed by atoms with Gasteiger partial charge in [-0.2, -0.15) is 0 Å². The van der Waals surface area contributed by atoms with Gasteiger partial charge in [-0.3, -0.25) is 4.79 Å². The average molecular weight is 401 g/mol. The van der Waals surface area contributed by atoms with Gasteiger partial charge in [0.25, 0.3) is 0 Å². The van der Waals surface area contributed by atoms with E-state index >= 15 is 0 Å². The van der Waals surface area contributed by atoms with Crippen LogP contribution in [0.15, 0.2) is 53.0 Å². The standard InChI is InChI=1S/C15H12Br2FNO/c16-11-5-3-6-12(9-11)19-15(20)13(17)8-10-4-1-2-7-14(10)18/h1-7,9,13H,8H2,(H,19,20). The molecule has 0 fully saturated rings. The van der Waals surface area contributed by atoms with Gasteiger partial charge in [0.2, 0.25) is 5.91 Å². The number of amides is 1. The average Bonchev–Trinajstić information content (AvgIpc) is 2.41. The molecule has 0 bridgehead atoms. The lowest BCUT2D eigenvalue weighted by Crippen LogP contribution is -2.25. The fraction of sp³-hybridized carbons (Fsp3) is 0.133. The number of hydrogen-bond acceptors (Lipinski definition) is 1. The Hall–Kier alpha value is -1.20. The predicted octanol–water partition coefficient (Wildman–Crippen LogP) is 4.53. The van der Waals surface area contributed by atoms with E-state index < -0.39 is 4.83 Å². The molecule has 0 saturated heterocycles. The summed E-state index contributed by atoms with van der Waals surface area (Å²) in [6.45, 7) is 0. The highest BCUT2D eigenvalue weighted by molar-refractivity contribution is 9.10. The summed E-state index contributed by atoms with van der Waals surface area (Å²) >= 11 is 6.64. The van der Waals surface area contributed by atoms with E-state index in [1.54, 1.807) is 30.3 Å². The summed E-state index contributed by atoms with van der Waals surface area (Å²) in [5.41, 5.74) is 1.21. The van der Waals surface area contributed by atoms with Crippen molar-refractivity contribution in [3.63, 3.8) is 0 Å². The minimum Gasteiger partial charge on any atom is -0.325 e. The van der Waals surface area contributed by atoms with Crippen LogP contribution in [-0.4, -0.2) is 10.7 Å². The van der Waals surface area contributed by atoms with Crippen molar-refractivity contribution in [1.29, 1.82) is 0 Å². The van der Waals surface area contributed by atoms with Crippen molar-refractivity contribution in [1.82, 2.24) is 0 Å². The predicted molar refractivity (Wildman–Crippen MR) is 85.6 cm³/mol. The van der Waals surface area contributed by atoms with Gasteiger partial charge in [0.05, 0.1) is 4.83 Å². The zero-order valence-electron chi connectivity index (χ0n) is 10.4. The van der Waals surface area contributed by atoms with Gasteiger partial charge in [-0.25, -0.2) is 4.39 Å². The maximum atomic E-state index is 13.5. The third-order valence-corrected chi connectivity index (χ3v) is 3.97. The van der Waals surface area contributed by atoms with Gasteiger partial charge in [0.1, 0.15) is 5.82 Å². The summed E-state index contributed by atoms with van der Waals surface area (Å²) < 4.78 is 14.4. The molecule has 0 saturated carbocycles. The number of halogens is 3. The largest absolute Gasteiger partial charge is 0.325 e. The Labute approximate surface area is 133 Å². The molecule has 1 unspecified atom stereocenters. The van der Waals surface area contributed by atoms with Crippen LogP contribution >= 0.6 is 31.9 Å². The van der Waals surface area contributed by atoms with Crippen molar-refractivity contribution in [2.24, 2.45) is 0 Å². The highest BCUT2D eigenvalue weighted by Crippen LogP contribution is 2.18. The highest BCUT2D eigenvalue weighted by atomic mass is 79.9. The third kappa shape index (κ3) is 4.15. The first-order chi connectivity index (χ1) is 9.56. The van der Waals surface area contributed by atoms with Gasteiger partial charge in [0.15, 0.2) is 0 Å². The Morgan fingerprint density at radius 1 is 1.20 bits per heavy atom. The molecule has 0 aliphatic carbocycles. The van der Waals surface area contributed by atoms with E-state index in [1.165, 1.54) is 6.07 Å². The second-order valence-electron chi connectivity index (χ2n) is 4.26. The Balaban J connectivity index is 2.01. The highest BCUT2D eigenvalue weighted by Gasteiger charge is 2.17. The van der Waals surface area contributed by atoms with E-state index in [4.69, 9.17) is 0 Å². The van der Waals surface area contributed by atoms with Crippen molar-refractivity contribution < 1.29 is 9.18 Å². The van der Waals surface area contributed by atoms with E-state index in [-0.39, 0.29) is 11.7 Å². The van der Waals surface area contributed by atoms with E-state index in [1.807, 2.05) is 12.1 Å². The molecule has 0 radical (unpaired) electrons. The summed E-state index contributed by atoms with van der Waals surface area (Å²) in [5.74, 6) is -0.501. The zero-order valence-corrected chi connectivity index (χ0v) is 13.6. The summed E-state index contributed by atoms with van der Waals surface area (Å²) in [6, 6.07) is 13.8. The number of nitrogens with one attached hydrogen (secondary N) is 1. The quantitative estimate of drug-likeness (QED) is 0.750. The molecule has 5 heteroatoms. The molecular formula is C15H12Br2FNO. The van der Waals surface area contributed by atoms with Crippen LogP contribution in [0, 0.1) is 5.82 Å². The lowest BCUT2D eigenvalue weighted by Gasteiger charge is -2.11. The molecule has 1 atom stereocenters. The molecule has 20 heavy (non-hydrogen) atoms. The second kappa shape index (κ2) is 6.99. The van der Waals surface area contributed by atoms with Crippen molar-refractivity contribution >= 4 is 43.5 Å². The number of alkyl halides is 1. The van der Waals surface area contributed by atoms with Gasteiger partial charge in [-0.1, -0.05) is 56.1 Å². The lowest BCUT2D eigenvalue weighted by molar-refractivity contribution is -0.115. The van der Waals surface area contributed by atoms with Gasteiger partial charge in [-0.05, 0) is 36.2 Å². The van der Waals surface area contributed by atoms with Gasteiger partial charge >= 0.3 is 0 Å². The molecule has 0 spiro atoms. The Bertz CT molecular complexity index is 618. The van der Waals surface area contributed by atoms with Crippen molar-refractivity contribution in [2.75, 3.05) is 5.32 Å². The van der Waals surface area contributed by atoms with Crippen molar-refractivity contribution in [3.8, 4) is 0 Å². The van der Waals surface area contributed by atoms with Crippen LogP contribution in [0.25, 0.3) is 0 Å². The Morgan fingerprint density at radius 3 is 2.65 bits per heavy atom. The number of rotatable bonds is 4. The normalized spacial score (nSPS) is 11.9. The molecule has 0 aliphatic rings. The Kier molecular flexibility index (Phi) is 5.31. The fourth-order valence-corrected chi connectivity index (χ4v) is 2.60. The molecule has 104 valence electrons. The topological polar surface area (TPSA) is 29.1 Å². The number of carbonyl (C=O) groups is 1. The summed E-state index contributed by atoms with van der Waals surface area (Å²) in [7, 11) is 0. The molecule has 2 aromatic carbocycles. The first-order valence-corrected chi connectivity index (χ1v) is 7.71. The molecule has 0 heterocycles. The number of benzene rings is 2. The smallest absolute Gasteiger partial charge is 0.238 e. The Morgan fingerprint density at radius 2 is 1.95 bits per heavy atom. The van der Waals surface area contributed by atoms with Crippen molar-refractivity contribution in [3.05, 3.63) is 64.4 Å². The molecular weight excluding hydrogens is 389 g/mol. The third-order valence-electron chi connectivity index (χ3n) is 2.73. The fourth-order valence-electron chi connectivity index (χ4n) is 1.74. The number of carbonyl (C=O) groups excluding carboxylic acids is 1. The molecule has 1 N–H and O–H groups in total. The number of anilines is 1. The van der Waals surface area contributed by atoms with E-state index in [9.17, 15) is 9.18 Å². The minimum absolute atomic E-state index is 0.202. The van der Waals surface area contributed by atoms with Crippen molar-refractivity contribution in [2.45, 2.75) is 11.2 Å². The van der Waals surface area contributed by atoms with Gasteiger partial charge in [-0.15, -0.1) is 0 Å². The zero-order chi connectivity index (χ0) is 14.5. The first-order valence-electron chi connectivity index (χ1n) is 6.00. The van der Waals surface area contributed by atoms with E-state index in [2.05, 4.69) is 37.2 Å². The summed E-state index contributed by atoms with van der Waals surface area (Å²) in [6.07, 6.45) is 0.298. The van der Waals surface area contributed by atoms with Crippen LogP contribution < -0.4 is 5.32 Å². The van der Waals surface area contributed by atoms with Crippen LogP contribution in [0.1, 0.15) is 5.56 Å². The lowest BCUT2D eigenvalue weighted by atomic mass is 10.1. The SMILES string of the molecule is O=C(Nc1cccc(Br)c1)C(Br)Cc1ccccc1F. The minimum atomic E-state index is -0.488. The molecule has 0 aliphatic heterocycles. The van der Waals surface area contributed by atoms with Gasteiger partial charge < -0.3 is 5.32 Å². The first kappa shape index (κ1) is 15.2. The van der Waals surface area contributed by atoms with Crippen LogP contribution in [0.5, 0.6) is 0 Å².